The van der Waals surface area contributed by atoms with Crippen molar-refractivity contribution in [3.63, 3.8) is 0 Å². The number of benzene rings is 1. The number of nitrogens with one attached hydrogen (secondary N) is 1. The first kappa shape index (κ1) is 15.8. The average Bonchev–Trinajstić information content (AvgIpc) is 3.19. The summed E-state index contributed by atoms with van der Waals surface area (Å²) < 4.78 is 15.3. The van der Waals surface area contributed by atoms with E-state index in [9.17, 15) is 9.18 Å². The van der Waals surface area contributed by atoms with Crippen LogP contribution in [-0.2, 0) is 11.3 Å². The first-order valence-electron chi connectivity index (χ1n) is 7.58. The molecule has 1 amide bonds. The van der Waals surface area contributed by atoms with Crippen molar-refractivity contribution in [2.45, 2.75) is 25.4 Å². The van der Waals surface area contributed by atoms with Crippen LogP contribution in [0.15, 0.2) is 36.7 Å². The van der Waals surface area contributed by atoms with E-state index in [1.807, 2.05) is 12.3 Å². The zero-order chi connectivity index (χ0) is 16.2. The smallest absolute Gasteiger partial charge is 0.222 e. The van der Waals surface area contributed by atoms with Gasteiger partial charge < -0.3 is 10.2 Å². The second-order valence-electron chi connectivity index (χ2n) is 5.62. The molecule has 122 valence electrons. The van der Waals surface area contributed by atoms with Crippen LogP contribution in [0.2, 0.25) is 5.02 Å². The summed E-state index contributed by atoms with van der Waals surface area (Å²) in [5.74, 6) is -0.412. The molecule has 23 heavy (non-hydrogen) atoms. The van der Waals surface area contributed by atoms with Crippen molar-refractivity contribution in [2.24, 2.45) is 0 Å². The lowest BCUT2D eigenvalue weighted by molar-refractivity contribution is -0.121. The van der Waals surface area contributed by atoms with Crippen molar-refractivity contribution < 1.29 is 9.18 Å². The molecule has 0 unspecified atom stereocenters. The Morgan fingerprint density at radius 1 is 1.48 bits per heavy atom. The van der Waals surface area contributed by atoms with Crippen LogP contribution in [0.4, 0.5) is 10.1 Å². The van der Waals surface area contributed by atoms with E-state index in [0.29, 0.717) is 19.5 Å². The molecule has 7 heteroatoms. The van der Waals surface area contributed by atoms with Crippen molar-refractivity contribution in [2.75, 3.05) is 18.0 Å². The van der Waals surface area contributed by atoms with Crippen LogP contribution in [0, 0.1) is 5.82 Å². The number of anilines is 1. The van der Waals surface area contributed by atoms with Crippen LogP contribution in [0.1, 0.15) is 12.8 Å². The summed E-state index contributed by atoms with van der Waals surface area (Å²) in [5, 5.41) is 7.22. The summed E-state index contributed by atoms with van der Waals surface area (Å²) in [7, 11) is 0. The highest BCUT2D eigenvalue weighted by atomic mass is 35.5. The Kier molecular flexibility index (Phi) is 4.81. The summed E-state index contributed by atoms with van der Waals surface area (Å²) in [5.41, 5.74) is 0.792. The van der Waals surface area contributed by atoms with Gasteiger partial charge in [-0.05, 0) is 30.7 Å². The zero-order valence-electron chi connectivity index (χ0n) is 12.6. The number of nitrogens with zero attached hydrogens (tertiary/aromatic N) is 3. The fraction of sp³-hybridized carbons (Fsp3) is 0.375. The van der Waals surface area contributed by atoms with Crippen molar-refractivity contribution in [1.29, 1.82) is 0 Å². The molecule has 5 nitrogen and oxygen atoms in total. The van der Waals surface area contributed by atoms with E-state index in [0.717, 1.165) is 18.7 Å². The quantitative estimate of drug-likeness (QED) is 0.912. The van der Waals surface area contributed by atoms with Gasteiger partial charge in [-0.3, -0.25) is 9.48 Å². The lowest BCUT2D eigenvalue weighted by atomic mass is 10.2. The SMILES string of the molecule is O=C(CCn1cccn1)N[C@H]1CCN(c2ccc(Cl)c(F)c2)C1. The van der Waals surface area contributed by atoms with Crippen LogP contribution >= 0.6 is 11.6 Å². The summed E-state index contributed by atoms with van der Waals surface area (Å²) in [6, 6.07) is 6.71. The molecule has 2 aromatic rings. The Morgan fingerprint density at radius 3 is 3.09 bits per heavy atom. The number of amides is 1. The van der Waals surface area contributed by atoms with Gasteiger partial charge in [0.25, 0.3) is 0 Å². The summed E-state index contributed by atoms with van der Waals surface area (Å²) in [6.45, 7) is 2.03. The van der Waals surface area contributed by atoms with Crippen molar-refractivity contribution in [1.82, 2.24) is 15.1 Å². The lowest BCUT2D eigenvalue weighted by Crippen LogP contribution is -2.37. The van der Waals surface area contributed by atoms with Crippen LogP contribution in [0.3, 0.4) is 0 Å². The number of halogens is 2. The molecule has 0 radical (unpaired) electrons. The van der Waals surface area contributed by atoms with E-state index < -0.39 is 5.82 Å². The van der Waals surface area contributed by atoms with E-state index in [1.54, 1.807) is 23.0 Å². The molecular weight excluding hydrogens is 319 g/mol. The molecule has 1 aromatic heterocycles. The third-order valence-electron chi connectivity index (χ3n) is 3.95. The van der Waals surface area contributed by atoms with E-state index in [4.69, 9.17) is 11.6 Å². The molecule has 1 aromatic carbocycles. The highest BCUT2D eigenvalue weighted by Crippen LogP contribution is 2.25. The standard InChI is InChI=1S/C16H18ClFN4O/c17-14-3-2-13(10-15(14)18)21-8-4-12(11-21)20-16(23)5-9-22-7-1-6-19-22/h1-3,6-7,10,12H,4-5,8-9,11H2,(H,20,23)/t12-/m0/s1. The van der Waals surface area contributed by atoms with Gasteiger partial charge in [-0.15, -0.1) is 0 Å². The Bertz CT molecular complexity index is 677. The second-order valence-corrected chi connectivity index (χ2v) is 6.02. The van der Waals surface area contributed by atoms with Gasteiger partial charge in [0, 0.05) is 50.2 Å². The molecular formula is C16H18ClFN4O. The van der Waals surface area contributed by atoms with Crippen molar-refractivity contribution >= 4 is 23.2 Å². The molecule has 0 saturated carbocycles. The van der Waals surface area contributed by atoms with Gasteiger partial charge in [-0.25, -0.2) is 4.39 Å². The molecule has 1 atom stereocenters. The Balaban J connectivity index is 1.49. The minimum atomic E-state index is -0.420. The summed E-state index contributed by atoms with van der Waals surface area (Å²) in [4.78, 5) is 14.0. The van der Waals surface area contributed by atoms with Gasteiger partial charge >= 0.3 is 0 Å². The predicted octanol–water partition coefficient (Wildman–Crippen LogP) is 2.46. The maximum absolute atomic E-state index is 13.5. The van der Waals surface area contributed by atoms with Gasteiger partial charge in [-0.1, -0.05) is 11.6 Å². The normalized spacial score (nSPS) is 17.5. The van der Waals surface area contributed by atoms with Crippen LogP contribution < -0.4 is 10.2 Å². The highest BCUT2D eigenvalue weighted by molar-refractivity contribution is 6.30. The maximum Gasteiger partial charge on any atom is 0.222 e. The molecule has 0 aliphatic carbocycles. The minimum Gasteiger partial charge on any atom is -0.369 e. The number of hydrogen-bond donors (Lipinski definition) is 1. The lowest BCUT2D eigenvalue weighted by Gasteiger charge is -2.19. The number of rotatable bonds is 5. The number of hydrogen-bond acceptors (Lipinski definition) is 3. The van der Waals surface area contributed by atoms with Crippen molar-refractivity contribution in [3.8, 4) is 0 Å². The van der Waals surface area contributed by atoms with E-state index >= 15 is 0 Å². The third-order valence-corrected chi connectivity index (χ3v) is 4.26. The zero-order valence-corrected chi connectivity index (χ0v) is 13.3. The minimum absolute atomic E-state index is 0.00892. The van der Waals surface area contributed by atoms with Crippen molar-refractivity contribution in [3.05, 3.63) is 47.5 Å². The molecule has 1 N–H and O–H groups in total. The number of aromatic nitrogens is 2. The average molecular weight is 337 g/mol. The van der Waals surface area contributed by atoms with E-state index in [-0.39, 0.29) is 17.0 Å². The monoisotopic (exact) mass is 336 g/mol. The number of aryl methyl sites for hydroxylation is 1. The molecule has 0 spiro atoms. The van der Waals surface area contributed by atoms with Crippen LogP contribution in [0.5, 0.6) is 0 Å². The third kappa shape index (κ3) is 4.01. The second kappa shape index (κ2) is 7.00. The summed E-state index contributed by atoms with van der Waals surface area (Å²) in [6.07, 6.45) is 4.77. The topological polar surface area (TPSA) is 50.2 Å². The molecule has 1 aliphatic heterocycles. The summed E-state index contributed by atoms with van der Waals surface area (Å²) >= 11 is 5.70. The molecule has 2 heterocycles. The Morgan fingerprint density at radius 2 is 2.35 bits per heavy atom. The Hall–Kier alpha value is -2.08. The molecule has 1 aliphatic rings. The maximum atomic E-state index is 13.5. The van der Waals surface area contributed by atoms with Gasteiger partial charge in [0.05, 0.1) is 5.02 Å². The Labute approximate surface area is 139 Å². The van der Waals surface area contributed by atoms with Crippen LogP contribution in [0.25, 0.3) is 0 Å². The predicted molar refractivity (Wildman–Crippen MR) is 87.0 cm³/mol. The van der Waals surface area contributed by atoms with E-state index in [1.165, 1.54) is 6.07 Å². The fourth-order valence-corrected chi connectivity index (χ4v) is 2.86. The van der Waals surface area contributed by atoms with E-state index in [2.05, 4.69) is 15.3 Å². The number of carbonyl (C=O) groups is 1. The largest absolute Gasteiger partial charge is 0.369 e. The van der Waals surface area contributed by atoms with Gasteiger partial charge in [-0.2, -0.15) is 5.10 Å². The van der Waals surface area contributed by atoms with Gasteiger partial charge in [0.1, 0.15) is 5.82 Å². The van der Waals surface area contributed by atoms with Crippen LogP contribution in [-0.4, -0.2) is 34.8 Å². The first-order valence-corrected chi connectivity index (χ1v) is 7.96. The molecule has 1 fully saturated rings. The first-order chi connectivity index (χ1) is 11.1. The highest BCUT2D eigenvalue weighted by Gasteiger charge is 2.24. The van der Waals surface area contributed by atoms with Gasteiger partial charge in [0.15, 0.2) is 0 Å². The molecule has 0 bridgehead atoms. The number of carbonyl (C=O) groups excluding carboxylic acids is 1. The molecule has 3 rings (SSSR count). The molecule has 1 saturated heterocycles. The fourth-order valence-electron chi connectivity index (χ4n) is 2.74. The van der Waals surface area contributed by atoms with Gasteiger partial charge in [0.2, 0.25) is 5.91 Å².